The van der Waals surface area contributed by atoms with Crippen molar-refractivity contribution in [3.8, 4) is 0 Å². The lowest BCUT2D eigenvalue weighted by atomic mass is 10.0. The molecule has 0 aliphatic heterocycles. The van der Waals surface area contributed by atoms with E-state index in [9.17, 15) is 9.59 Å². The van der Waals surface area contributed by atoms with Crippen LogP contribution in [0, 0.1) is 0 Å². The van der Waals surface area contributed by atoms with Gasteiger partial charge in [0.1, 0.15) is 6.10 Å². The summed E-state index contributed by atoms with van der Waals surface area (Å²) in [5.41, 5.74) is 0. The highest BCUT2D eigenvalue weighted by Gasteiger charge is 2.11. The molecule has 0 bridgehead atoms. The first-order chi connectivity index (χ1) is 18.1. The number of carboxylic acids is 1. The molecule has 0 rings (SSSR count). The lowest BCUT2D eigenvalue weighted by Gasteiger charge is -2.15. The summed E-state index contributed by atoms with van der Waals surface area (Å²) in [6.07, 6.45) is 34.0. The Bertz CT molecular complexity index is 528. The number of rotatable bonds is 29. The fraction of sp³-hybridized carbons (Fsp3) is 0.879. The summed E-state index contributed by atoms with van der Waals surface area (Å²) in [6, 6.07) is 0. The van der Waals surface area contributed by atoms with Crippen LogP contribution in [0.15, 0.2) is 12.2 Å². The number of carboxylic acid groups (broad SMARTS) is 1. The first-order valence-electron chi connectivity index (χ1n) is 16.2. The number of allylic oxidation sites excluding steroid dienone is 1. The topological polar surface area (TPSA) is 63.6 Å². The Hall–Kier alpha value is -1.32. The van der Waals surface area contributed by atoms with Crippen molar-refractivity contribution in [2.24, 2.45) is 0 Å². The van der Waals surface area contributed by atoms with Crippen molar-refractivity contribution in [1.82, 2.24) is 0 Å². The summed E-state index contributed by atoms with van der Waals surface area (Å²) in [6.45, 7) is 4.46. The third-order valence-electron chi connectivity index (χ3n) is 7.22. The van der Waals surface area contributed by atoms with E-state index in [0.717, 1.165) is 64.2 Å². The van der Waals surface area contributed by atoms with Crippen molar-refractivity contribution >= 4 is 11.9 Å². The van der Waals surface area contributed by atoms with E-state index in [-0.39, 0.29) is 18.5 Å². The molecule has 0 radical (unpaired) electrons. The van der Waals surface area contributed by atoms with Crippen molar-refractivity contribution in [3.05, 3.63) is 12.2 Å². The highest BCUT2D eigenvalue weighted by Crippen LogP contribution is 2.16. The van der Waals surface area contributed by atoms with Crippen molar-refractivity contribution < 1.29 is 19.4 Å². The number of hydrogen-bond acceptors (Lipinski definition) is 3. The SMILES string of the molecule is CCCC/C=C\C(CCCCCCC(=O)O)OC(=O)CCCCCCCCCCCCCCCCCC. The lowest BCUT2D eigenvalue weighted by Crippen LogP contribution is -2.16. The number of esters is 1. The summed E-state index contributed by atoms with van der Waals surface area (Å²) in [7, 11) is 0. The van der Waals surface area contributed by atoms with Crippen LogP contribution in [0.3, 0.4) is 0 Å². The number of ether oxygens (including phenoxy) is 1. The second-order valence-electron chi connectivity index (χ2n) is 11.0. The van der Waals surface area contributed by atoms with E-state index < -0.39 is 5.97 Å². The van der Waals surface area contributed by atoms with Crippen LogP contribution >= 0.6 is 0 Å². The summed E-state index contributed by atoms with van der Waals surface area (Å²) in [5.74, 6) is -0.791. The molecule has 0 saturated heterocycles. The standard InChI is InChI=1S/C33H62O4/c1-3-5-7-9-10-11-12-13-14-15-16-17-18-19-20-26-30-33(36)37-31(27-23-8-6-4-2)28-24-21-22-25-29-32(34)35/h23,27,31H,3-22,24-26,28-30H2,1-2H3,(H,34,35)/b27-23-. The molecular weight excluding hydrogens is 460 g/mol. The maximum atomic E-state index is 12.4. The van der Waals surface area contributed by atoms with Crippen molar-refractivity contribution in [1.29, 1.82) is 0 Å². The average molecular weight is 523 g/mol. The number of unbranched alkanes of at least 4 members (excludes halogenated alkanes) is 20. The minimum atomic E-state index is -0.722. The van der Waals surface area contributed by atoms with E-state index >= 15 is 0 Å². The van der Waals surface area contributed by atoms with E-state index in [2.05, 4.69) is 26.0 Å². The molecule has 0 saturated carbocycles. The zero-order valence-corrected chi connectivity index (χ0v) is 24.8. The van der Waals surface area contributed by atoms with Gasteiger partial charge in [0.25, 0.3) is 0 Å². The molecule has 0 aromatic carbocycles. The second-order valence-corrected chi connectivity index (χ2v) is 11.0. The molecule has 0 fully saturated rings. The minimum absolute atomic E-state index is 0.0682. The predicted molar refractivity (Wildman–Crippen MR) is 158 cm³/mol. The second kappa shape index (κ2) is 29.2. The van der Waals surface area contributed by atoms with Gasteiger partial charge in [-0.1, -0.05) is 142 Å². The molecule has 37 heavy (non-hydrogen) atoms. The van der Waals surface area contributed by atoms with Gasteiger partial charge in [0.15, 0.2) is 0 Å². The van der Waals surface area contributed by atoms with Gasteiger partial charge < -0.3 is 9.84 Å². The quantitative estimate of drug-likeness (QED) is 0.0602. The third kappa shape index (κ3) is 29.1. The van der Waals surface area contributed by atoms with Crippen molar-refractivity contribution in [2.45, 2.75) is 187 Å². The first kappa shape index (κ1) is 35.7. The van der Waals surface area contributed by atoms with Crippen LogP contribution in [0.4, 0.5) is 0 Å². The monoisotopic (exact) mass is 522 g/mol. The highest BCUT2D eigenvalue weighted by atomic mass is 16.5. The summed E-state index contributed by atoms with van der Waals surface area (Å²) in [4.78, 5) is 23.0. The molecule has 1 N–H and O–H groups in total. The van der Waals surface area contributed by atoms with E-state index in [0.29, 0.717) is 6.42 Å². The molecule has 0 spiro atoms. The first-order valence-corrected chi connectivity index (χ1v) is 16.2. The van der Waals surface area contributed by atoms with Crippen LogP contribution in [0.1, 0.15) is 181 Å². The van der Waals surface area contributed by atoms with Gasteiger partial charge in [-0.2, -0.15) is 0 Å². The van der Waals surface area contributed by atoms with E-state index in [4.69, 9.17) is 9.84 Å². The largest absolute Gasteiger partial charge is 0.481 e. The molecule has 4 nitrogen and oxygen atoms in total. The Balaban J connectivity index is 3.75. The molecule has 0 aromatic heterocycles. The molecule has 0 heterocycles. The zero-order valence-electron chi connectivity index (χ0n) is 24.8. The maximum Gasteiger partial charge on any atom is 0.306 e. The van der Waals surface area contributed by atoms with Gasteiger partial charge in [0, 0.05) is 12.8 Å². The van der Waals surface area contributed by atoms with Crippen LogP contribution in [0.2, 0.25) is 0 Å². The van der Waals surface area contributed by atoms with Gasteiger partial charge in [-0.15, -0.1) is 0 Å². The molecule has 1 unspecified atom stereocenters. The molecule has 218 valence electrons. The fourth-order valence-electron chi connectivity index (χ4n) is 4.78. The fourth-order valence-corrected chi connectivity index (χ4v) is 4.78. The molecule has 0 aliphatic rings. The van der Waals surface area contributed by atoms with E-state index in [1.807, 2.05) is 0 Å². The third-order valence-corrected chi connectivity index (χ3v) is 7.22. The predicted octanol–water partition coefficient (Wildman–Crippen LogP) is 10.7. The number of carbonyl (C=O) groups excluding carboxylic acids is 1. The van der Waals surface area contributed by atoms with Crippen LogP contribution in [0.5, 0.6) is 0 Å². The highest BCUT2D eigenvalue weighted by molar-refractivity contribution is 5.69. The van der Waals surface area contributed by atoms with Gasteiger partial charge in [-0.25, -0.2) is 0 Å². The number of carbonyl (C=O) groups is 2. The summed E-state index contributed by atoms with van der Waals surface area (Å²) in [5, 5.41) is 8.74. The maximum absolute atomic E-state index is 12.4. The van der Waals surface area contributed by atoms with Gasteiger partial charge in [0.2, 0.25) is 0 Å². The molecule has 1 atom stereocenters. The molecule has 0 aliphatic carbocycles. The number of aliphatic carboxylic acids is 1. The van der Waals surface area contributed by atoms with E-state index in [1.165, 1.54) is 89.9 Å². The zero-order chi connectivity index (χ0) is 27.2. The van der Waals surface area contributed by atoms with Crippen LogP contribution in [0.25, 0.3) is 0 Å². The Morgan fingerprint density at radius 3 is 1.51 bits per heavy atom. The number of hydrogen-bond donors (Lipinski definition) is 1. The molecule has 0 amide bonds. The van der Waals surface area contributed by atoms with Gasteiger partial charge in [-0.3, -0.25) is 9.59 Å². The van der Waals surface area contributed by atoms with Crippen molar-refractivity contribution in [2.75, 3.05) is 0 Å². The molecule has 4 heteroatoms. The molecule has 0 aromatic rings. The Morgan fingerprint density at radius 2 is 1.03 bits per heavy atom. The van der Waals surface area contributed by atoms with Gasteiger partial charge in [0.05, 0.1) is 0 Å². The van der Waals surface area contributed by atoms with Crippen LogP contribution in [-0.2, 0) is 14.3 Å². The summed E-state index contributed by atoms with van der Waals surface area (Å²) < 4.78 is 5.78. The average Bonchev–Trinajstić information content (AvgIpc) is 2.88. The summed E-state index contributed by atoms with van der Waals surface area (Å²) >= 11 is 0. The lowest BCUT2D eigenvalue weighted by molar-refractivity contribution is -0.147. The Kier molecular flexibility index (Phi) is 28.2. The Morgan fingerprint density at radius 1 is 0.595 bits per heavy atom. The normalized spacial score (nSPS) is 12.3. The smallest absolute Gasteiger partial charge is 0.306 e. The molecular formula is C33H62O4. The van der Waals surface area contributed by atoms with E-state index in [1.54, 1.807) is 0 Å². The Labute approximate surface area is 230 Å². The van der Waals surface area contributed by atoms with Crippen LogP contribution < -0.4 is 0 Å². The minimum Gasteiger partial charge on any atom is -0.481 e. The van der Waals surface area contributed by atoms with Crippen molar-refractivity contribution in [3.63, 3.8) is 0 Å². The van der Waals surface area contributed by atoms with Gasteiger partial charge in [-0.05, 0) is 38.2 Å². The van der Waals surface area contributed by atoms with Crippen LogP contribution in [-0.4, -0.2) is 23.1 Å². The van der Waals surface area contributed by atoms with Gasteiger partial charge >= 0.3 is 11.9 Å².